The predicted molar refractivity (Wildman–Crippen MR) is 101 cm³/mol. The second kappa shape index (κ2) is 10.6. The van der Waals surface area contributed by atoms with Crippen LogP contribution in [-0.4, -0.2) is 28.4 Å². The van der Waals surface area contributed by atoms with E-state index in [0.29, 0.717) is 12.3 Å². The van der Waals surface area contributed by atoms with Crippen LogP contribution in [0.4, 0.5) is 0 Å². The normalized spacial score (nSPS) is 21.3. The number of carbonyl (C=O) groups excluding carboxylic acids is 2. The lowest BCUT2D eigenvalue weighted by atomic mass is 9.99. The number of unbranched alkanes of at least 4 members (excludes halogenated alkanes) is 5. The predicted octanol–water partition coefficient (Wildman–Crippen LogP) is 4.36. The summed E-state index contributed by atoms with van der Waals surface area (Å²) in [4.78, 5) is 23.8. The van der Waals surface area contributed by atoms with E-state index in [1.54, 1.807) is 19.1 Å². The van der Waals surface area contributed by atoms with Gasteiger partial charge in [0.1, 0.15) is 5.76 Å². The van der Waals surface area contributed by atoms with E-state index in [-0.39, 0.29) is 15.8 Å². The zero-order valence-corrected chi connectivity index (χ0v) is 16.0. The summed E-state index contributed by atoms with van der Waals surface area (Å²) in [5, 5.41) is 2.73. The minimum Gasteiger partial charge on any atom is -0.484 e. The molecule has 0 fully saturated rings. The van der Waals surface area contributed by atoms with Crippen LogP contribution in [0, 0.1) is 0 Å². The lowest BCUT2D eigenvalue weighted by Crippen LogP contribution is -2.36. The van der Waals surface area contributed by atoms with Crippen molar-refractivity contribution in [2.45, 2.75) is 76.6 Å². The van der Waals surface area contributed by atoms with Crippen molar-refractivity contribution in [2.75, 3.05) is 6.54 Å². The standard InChI is InChI=1S/C19H31NO3S/c1-5-7-8-9-10-11-12-19(4)16(14-17(21)24-19)23-15(3)18(22)20-13-6-2/h6,14-15H,2,5,7-13H2,1,3-4H3,(H,20,22). The Balaban J connectivity index is 2.51. The van der Waals surface area contributed by atoms with E-state index < -0.39 is 6.10 Å². The number of hydrogen-bond donors (Lipinski definition) is 1. The van der Waals surface area contributed by atoms with E-state index in [9.17, 15) is 9.59 Å². The maximum atomic E-state index is 11.9. The molecule has 136 valence electrons. The van der Waals surface area contributed by atoms with Crippen molar-refractivity contribution in [3.05, 3.63) is 24.5 Å². The van der Waals surface area contributed by atoms with Crippen LogP contribution in [0.5, 0.6) is 0 Å². The molecule has 0 bridgehead atoms. The molecule has 24 heavy (non-hydrogen) atoms. The highest BCUT2D eigenvalue weighted by Gasteiger charge is 2.40. The Bertz CT molecular complexity index is 475. The Morgan fingerprint density at radius 3 is 2.71 bits per heavy atom. The third-order valence-corrected chi connectivity index (χ3v) is 5.37. The Labute approximate surface area is 150 Å². The highest BCUT2D eigenvalue weighted by atomic mass is 32.2. The van der Waals surface area contributed by atoms with E-state index in [0.717, 1.165) is 12.8 Å². The van der Waals surface area contributed by atoms with Crippen LogP contribution in [-0.2, 0) is 14.3 Å². The number of nitrogens with one attached hydrogen (secondary N) is 1. The SMILES string of the molecule is C=CCNC(=O)C(C)OC1=CC(=O)SC1(C)CCCCCCCC. The van der Waals surface area contributed by atoms with E-state index in [1.807, 2.05) is 6.92 Å². The van der Waals surface area contributed by atoms with Gasteiger partial charge in [-0.05, 0) is 20.3 Å². The molecule has 1 rings (SSSR count). The highest BCUT2D eigenvalue weighted by molar-refractivity contribution is 8.15. The molecule has 2 unspecified atom stereocenters. The summed E-state index contributed by atoms with van der Waals surface area (Å²) >= 11 is 1.31. The molecule has 0 saturated heterocycles. The molecule has 0 aliphatic carbocycles. The summed E-state index contributed by atoms with van der Waals surface area (Å²) in [6, 6.07) is 0. The first-order valence-corrected chi connectivity index (χ1v) is 9.75. The van der Waals surface area contributed by atoms with Gasteiger partial charge in [0.05, 0.1) is 4.75 Å². The van der Waals surface area contributed by atoms with Gasteiger partial charge < -0.3 is 10.1 Å². The van der Waals surface area contributed by atoms with Gasteiger partial charge in [0.15, 0.2) is 6.10 Å². The van der Waals surface area contributed by atoms with Crippen LogP contribution in [0.1, 0.15) is 65.7 Å². The van der Waals surface area contributed by atoms with Gasteiger partial charge in [-0.15, -0.1) is 6.58 Å². The summed E-state index contributed by atoms with van der Waals surface area (Å²) in [5.74, 6) is 0.439. The molecule has 0 saturated carbocycles. The number of amides is 1. The Morgan fingerprint density at radius 2 is 2.04 bits per heavy atom. The molecule has 1 N–H and O–H groups in total. The quantitative estimate of drug-likeness (QED) is 0.418. The first-order valence-electron chi connectivity index (χ1n) is 8.93. The number of rotatable bonds is 12. The molecular formula is C19H31NO3S. The monoisotopic (exact) mass is 353 g/mol. The topological polar surface area (TPSA) is 55.4 Å². The third-order valence-electron chi connectivity index (χ3n) is 4.20. The Morgan fingerprint density at radius 1 is 1.38 bits per heavy atom. The zero-order chi connectivity index (χ0) is 18.0. The number of hydrogen-bond acceptors (Lipinski definition) is 4. The molecule has 1 amide bonds. The first kappa shape index (κ1) is 20.8. The van der Waals surface area contributed by atoms with Crippen LogP contribution < -0.4 is 5.32 Å². The second-order valence-electron chi connectivity index (χ2n) is 6.47. The molecule has 0 radical (unpaired) electrons. The van der Waals surface area contributed by atoms with Crippen molar-refractivity contribution in [3.63, 3.8) is 0 Å². The van der Waals surface area contributed by atoms with Gasteiger partial charge in [-0.25, -0.2) is 0 Å². The molecule has 1 aliphatic rings. The molecule has 2 atom stereocenters. The molecule has 0 aromatic rings. The molecule has 0 aromatic carbocycles. The number of ether oxygens (including phenoxy) is 1. The van der Waals surface area contributed by atoms with Gasteiger partial charge in [0.2, 0.25) is 5.12 Å². The molecule has 1 heterocycles. The fraction of sp³-hybridized carbons (Fsp3) is 0.684. The minimum absolute atomic E-state index is 0.0113. The van der Waals surface area contributed by atoms with E-state index in [4.69, 9.17) is 4.74 Å². The van der Waals surface area contributed by atoms with Crippen molar-refractivity contribution in [2.24, 2.45) is 0 Å². The molecule has 0 aromatic heterocycles. The first-order chi connectivity index (χ1) is 11.4. The van der Waals surface area contributed by atoms with E-state index in [1.165, 1.54) is 43.9 Å². The lowest BCUT2D eigenvalue weighted by molar-refractivity contribution is -0.129. The van der Waals surface area contributed by atoms with Crippen LogP contribution in [0.3, 0.4) is 0 Å². The smallest absolute Gasteiger partial charge is 0.261 e. The maximum Gasteiger partial charge on any atom is 0.261 e. The fourth-order valence-electron chi connectivity index (χ4n) is 2.70. The van der Waals surface area contributed by atoms with Gasteiger partial charge in [0.25, 0.3) is 5.91 Å². The van der Waals surface area contributed by atoms with Crippen molar-refractivity contribution in [1.82, 2.24) is 5.32 Å². The lowest BCUT2D eigenvalue weighted by Gasteiger charge is -2.28. The average molecular weight is 354 g/mol. The molecular weight excluding hydrogens is 322 g/mol. The van der Waals surface area contributed by atoms with Crippen LogP contribution in [0.25, 0.3) is 0 Å². The van der Waals surface area contributed by atoms with Gasteiger partial charge in [-0.1, -0.05) is 63.3 Å². The molecule has 1 aliphatic heterocycles. The molecule has 5 heteroatoms. The van der Waals surface area contributed by atoms with E-state index in [2.05, 4.69) is 18.8 Å². The molecule has 4 nitrogen and oxygen atoms in total. The fourth-order valence-corrected chi connectivity index (χ4v) is 3.76. The van der Waals surface area contributed by atoms with Gasteiger partial charge in [-0.3, -0.25) is 9.59 Å². The van der Waals surface area contributed by atoms with Crippen LogP contribution in [0.15, 0.2) is 24.5 Å². The second-order valence-corrected chi connectivity index (χ2v) is 7.98. The summed E-state index contributed by atoms with van der Waals surface area (Å²) < 4.78 is 5.47. The largest absolute Gasteiger partial charge is 0.484 e. The van der Waals surface area contributed by atoms with Crippen molar-refractivity contribution in [1.29, 1.82) is 0 Å². The minimum atomic E-state index is -0.619. The van der Waals surface area contributed by atoms with Crippen molar-refractivity contribution < 1.29 is 14.3 Å². The molecule has 0 spiro atoms. The zero-order valence-electron chi connectivity index (χ0n) is 15.2. The highest BCUT2D eigenvalue weighted by Crippen LogP contribution is 2.44. The van der Waals surface area contributed by atoms with Crippen molar-refractivity contribution in [3.8, 4) is 0 Å². The van der Waals surface area contributed by atoms with Crippen LogP contribution in [0.2, 0.25) is 0 Å². The summed E-state index contributed by atoms with van der Waals surface area (Å²) in [5.41, 5.74) is 0. The Kier molecular flexibility index (Phi) is 9.19. The maximum absolute atomic E-state index is 11.9. The van der Waals surface area contributed by atoms with Crippen LogP contribution >= 0.6 is 11.8 Å². The average Bonchev–Trinajstić information content (AvgIpc) is 2.82. The number of thioether (sulfide) groups is 1. The van der Waals surface area contributed by atoms with E-state index >= 15 is 0 Å². The van der Waals surface area contributed by atoms with Gasteiger partial charge in [-0.2, -0.15) is 0 Å². The summed E-state index contributed by atoms with van der Waals surface area (Å²) in [7, 11) is 0. The van der Waals surface area contributed by atoms with Gasteiger partial charge >= 0.3 is 0 Å². The Hall–Kier alpha value is -1.23. The van der Waals surface area contributed by atoms with Gasteiger partial charge in [0, 0.05) is 12.6 Å². The van der Waals surface area contributed by atoms with Crippen molar-refractivity contribution >= 4 is 22.8 Å². The third kappa shape index (κ3) is 6.71. The number of carbonyl (C=O) groups is 2. The summed E-state index contributed by atoms with van der Waals surface area (Å²) in [6.07, 6.45) is 10.7. The summed E-state index contributed by atoms with van der Waals surface area (Å²) in [6.45, 7) is 9.94.